The molecule has 1 saturated heterocycles. The molecule has 0 saturated carbocycles. The quantitative estimate of drug-likeness (QED) is 0.330. The Labute approximate surface area is 232 Å². The van der Waals surface area contributed by atoms with E-state index in [1.54, 1.807) is 18.9 Å². The average Bonchev–Trinajstić information content (AvgIpc) is 3.62. The molecular formula is C29H35NO10. The number of carboxylic acids is 4. The summed E-state index contributed by atoms with van der Waals surface area (Å²) in [4.78, 5) is 40.9. The largest absolute Gasteiger partial charge is 0.497 e. The molecule has 40 heavy (non-hydrogen) atoms. The second kappa shape index (κ2) is 16.6. The van der Waals surface area contributed by atoms with Crippen LogP contribution in [0.5, 0.6) is 5.75 Å². The van der Waals surface area contributed by atoms with E-state index in [1.807, 2.05) is 6.07 Å². The maximum absolute atomic E-state index is 9.55. The Hall–Kier alpha value is -4.38. The molecular weight excluding hydrogens is 522 g/mol. The van der Waals surface area contributed by atoms with Crippen molar-refractivity contribution in [3.05, 3.63) is 77.8 Å². The molecule has 1 aliphatic heterocycles. The number of methoxy groups -OCH3 is 1. The smallest absolute Gasteiger partial charge is 0.328 e. The van der Waals surface area contributed by atoms with Crippen molar-refractivity contribution in [1.29, 1.82) is 0 Å². The number of aliphatic carboxylic acids is 4. The van der Waals surface area contributed by atoms with Crippen LogP contribution in [0.1, 0.15) is 48.5 Å². The van der Waals surface area contributed by atoms with Gasteiger partial charge in [0.05, 0.1) is 13.4 Å². The standard InChI is InChI=1S/C21H27NO2.2C4H4O4/c1-23-18-9-10-19-16(15-18)5-2-7-20(19)21-8-3-12-22(21)13-11-17-6-4-14-24-17;2*5-3(6)1-2-4(7)8/h4,6,9-10,14-15,20-21H,2-3,5,7-8,11-13H2,1H3;2*1-2H,(H,5,6)(H,7,8)/b;2*2-1+. The van der Waals surface area contributed by atoms with Crippen LogP contribution in [0.3, 0.4) is 0 Å². The summed E-state index contributed by atoms with van der Waals surface area (Å²) < 4.78 is 10.9. The van der Waals surface area contributed by atoms with Gasteiger partial charge in [0.25, 0.3) is 0 Å². The van der Waals surface area contributed by atoms with E-state index in [-0.39, 0.29) is 0 Å². The Morgan fingerprint density at radius 2 is 1.55 bits per heavy atom. The maximum atomic E-state index is 9.55. The van der Waals surface area contributed by atoms with Gasteiger partial charge in [-0.15, -0.1) is 0 Å². The molecule has 0 amide bonds. The van der Waals surface area contributed by atoms with Crippen LogP contribution in [-0.4, -0.2) is 75.4 Å². The number of benzene rings is 1. The van der Waals surface area contributed by atoms with Gasteiger partial charge in [-0.2, -0.15) is 0 Å². The number of furan rings is 1. The summed E-state index contributed by atoms with van der Waals surface area (Å²) in [5.74, 6) is -2.25. The number of hydrogen-bond donors (Lipinski definition) is 4. The van der Waals surface area contributed by atoms with Crippen molar-refractivity contribution in [3.63, 3.8) is 0 Å². The predicted molar refractivity (Wildman–Crippen MR) is 145 cm³/mol. The van der Waals surface area contributed by atoms with Gasteiger partial charge in [-0.3, -0.25) is 4.90 Å². The van der Waals surface area contributed by atoms with E-state index in [0.717, 1.165) is 24.5 Å². The van der Waals surface area contributed by atoms with Crippen molar-refractivity contribution < 1.29 is 48.8 Å². The predicted octanol–water partition coefficient (Wildman–Crippen LogP) is 3.84. The van der Waals surface area contributed by atoms with Crippen molar-refractivity contribution in [2.45, 2.75) is 50.5 Å². The molecule has 216 valence electrons. The molecule has 1 aromatic heterocycles. The molecule has 0 spiro atoms. The fourth-order valence-electron chi connectivity index (χ4n) is 4.93. The van der Waals surface area contributed by atoms with Crippen LogP contribution in [0.4, 0.5) is 0 Å². The number of likely N-dealkylation sites (tertiary alicyclic amines) is 1. The van der Waals surface area contributed by atoms with E-state index >= 15 is 0 Å². The highest BCUT2D eigenvalue weighted by Gasteiger charge is 2.34. The van der Waals surface area contributed by atoms with Crippen molar-refractivity contribution in [2.24, 2.45) is 0 Å². The Bertz CT molecular complexity index is 1120. The fraction of sp³-hybridized carbons (Fsp3) is 0.379. The van der Waals surface area contributed by atoms with E-state index in [0.29, 0.717) is 36.3 Å². The first-order chi connectivity index (χ1) is 19.1. The average molecular weight is 558 g/mol. The molecule has 1 fully saturated rings. The number of carbonyl (C=O) groups is 4. The lowest BCUT2D eigenvalue weighted by molar-refractivity contribution is -0.134. The highest BCUT2D eigenvalue weighted by Crippen LogP contribution is 2.40. The van der Waals surface area contributed by atoms with Gasteiger partial charge in [0.1, 0.15) is 11.5 Å². The lowest BCUT2D eigenvalue weighted by Gasteiger charge is -2.35. The van der Waals surface area contributed by atoms with Crippen LogP contribution >= 0.6 is 0 Å². The van der Waals surface area contributed by atoms with Gasteiger partial charge in [-0.05, 0) is 80.0 Å². The molecule has 2 heterocycles. The van der Waals surface area contributed by atoms with E-state index in [9.17, 15) is 19.2 Å². The van der Waals surface area contributed by atoms with E-state index in [1.165, 1.54) is 44.2 Å². The molecule has 11 nitrogen and oxygen atoms in total. The molecule has 2 unspecified atom stereocenters. The van der Waals surface area contributed by atoms with Gasteiger partial charge in [-0.25, -0.2) is 19.2 Å². The van der Waals surface area contributed by atoms with Gasteiger partial charge in [0.15, 0.2) is 0 Å². The van der Waals surface area contributed by atoms with Crippen molar-refractivity contribution >= 4 is 23.9 Å². The fourth-order valence-corrected chi connectivity index (χ4v) is 4.93. The highest BCUT2D eigenvalue weighted by atomic mass is 16.5. The zero-order chi connectivity index (χ0) is 29.5. The third kappa shape index (κ3) is 11.2. The first-order valence-corrected chi connectivity index (χ1v) is 12.8. The van der Waals surface area contributed by atoms with Crippen LogP contribution in [0, 0.1) is 0 Å². The minimum Gasteiger partial charge on any atom is -0.497 e. The SMILES string of the molecule is COc1ccc2c(c1)CCCC2C1CCCN1CCc1ccco1.O=C(O)/C=C/C(=O)O.O=C(O)/C=C/C(=O)O. The third-order valence-corrected chi connectivity index (χ3v) is 6.55. The lowest BCUT2D eigenvalue weighted by Crippen LogP contribution is -2.37. The molecule has 2 aromatic rings. The van der Waals surface area contributed by atoms with Crippen molar-refractivity contribution in [1.82, 2.24) is 4.90 Å². The summed E-state index contributed by atoms with van der Waals surface area (Å²) in [5.41, 5.74) is 3.07. The van der Waals surface area contributed by atoms with Gasteiger partial charge in [0.2, 0.25) is 0 Å². The molecule has 1 aromatic carbocycles. The zero-order valence-corrected chi connectivity index (χ0v) is 22.3. The van der Waals surface area contributed by atoms with Gasteiger partial charge in [0, 0.05) is 43.3 Å². The van der Waals surface area contributed by atoms with Crippen LogP contribution < -0.4 is 4.74 Å². The highest BCUT2D eigenvalue weighted by molar-refractivity contribution is 5.90. The number of hydrogen-bond acceptors (Lipinski definition) is 7. The van der Waals surface area contributed by atoms with E-state index in [2.05, 4.69) is 29.2 Å². The number of aryl methyl sites for hydroxylation is 1. The number of carboxylic acid groups (broad SMARTS) is 4. The van der Waals surface area contributed by atoms with Crippen LogP contribution in [0.2, 0.25) is 0 Å². The van der Waals surface area contributed by atoms with Crippen molar-refractivity contribution in [2.75, 3.05) is 20.2 Å². The van der Waals surface area contributed by atoms with E-state index < -0.39 is 23.9 Å². The summed E-state index contributed by atoms with van der Waals surface area (Å²) in [6.07, 6.45) is 11.5. The minimum absolute atomic E-state index is 0.558. The normalized spacial score (nSPS) is 18.2. The second-order valence-corrected chi connectivity index (χ2v) is 9.16. The van der Waals surface area contributed by atoms with Crippen LogP contribution in [0.15, 0.2) is 65.3 Å². The molecule has 11 heteroatoms. The number of nitrogens with zero attached hydrogens (tertiary/aromatic N) is 1. The second-order valence-electron chi connectivity index (χ2n) is 9.16. The molecule has 2 aliphatic rings. The molecule has 0 bridgehead atoms. The third-order valence-electron chi connectivity index (χ3n) is 6.55. The molecule has 2 atom stereocenters. The van der Waals surface area contributed by atoms with Gasteiger partial charge in [-0.1, -0.05) is 6.07 Å². The summed E-state index contributed by atoms with van der Waals surface area (Å²) >= 11 is 0. The number of ether oxygens (including phenoxy) is 1. The Morgan fingerprint density at radius 3 is 2.08 bits per heavy atom. The van der Waals surface area contributed by atoms with Crippen LogP contribution in [-0.2, 0) is 32.0 Å². The minimum atomic E-state index is -1.26. The van der Waals surface area contributed by atoms with Crippen molar-refractivity contribution in [3.8, 4) is 5.75 Å². The number of rotatable bonds is 9. The van der Waals surface area contributed by atoms with Gasteiger partial charge < -0.3 is 29.6 Å². The number of fused-ring (bicyclic) bond motifs is 1. The molecule has 1 aliphatic carbocycles. The topological polar surface area (TPSA) is 175 Å². The first-order valence-electron chi connectivity index (χ1n) is 12.8. The lowest BCUT2D eigenvalue weighted by atomic mass is 9.78. The monoisotopic (exact) mass is 557 g/mol. The summed E-state index contributed by atoms with van der Waals surface area (Å²) in [7, 11) is 1.76. The summed E-state index contributed by atoms with van der Waals surface area (Å²) in [6, 6.07) is 11.5. The van der Waals surface area contributed by atoms with E-state index in [4.69, 9.17) is 29.6 Å². The summed E-state index contributed by atoms with van der Waals surface area (Å²) in [6.45, 7) is 2.34. The molecule has 0 radical (unpaired) electrons. The molecule has 4 N–H and O–H groups in total. The molecule has 4 rings (SSSR count). The van der Waals surface area contributed by atoms with Crippen LogP contribution in [0.25, 0.3) is 0 Å². The zero-order valence-electron chi connectivity index (χ0n) is 22.3. The first kappa shape index (κ1) is 31.8. The van der Waals surface area contributed by atoms with Gasteiger partial charge >= 0.3 is 23.9 Å². The Morgan fingerprint density at radius 1 is 0.925 bits per heavy atom. The maximum Gasteiger partial charge on any atom is 0.328 e. The Balaban J connectivity index is 0.000000290. The summed E-state index contributed by atoms with van der Waals surface area (Å²) in [5, 5.41) is 31.2. The Kier molecular flexibility index (Phi) is 13.2.